The molecule has 0 aliphatic rings. The van der Waals surface area contributed by atoms with Gasteiger partial charge in [0.2, 0.25) is 0 Å². The first-order valence-corrected chi connectivity index (χ1v) is 10.1. The Morgan fingerprint density at radius 3 is 2.15 bits per heavy atom. The van der Waals surface area contributed by atoms with E-state index >= 15 is 0 Å². The molecule has 0 aromatic heterocycles. The summed E-state index contributed by atoms with van der Waals surface area (Å²) in [6.45, 7) is 1.73. The lowest BCUT2D eigenvalue weighted by Crippen LogP contribution is -2.27. The lowest BCUT2D eigenvalue weighted by atomic mass is 10.1. The number of ether oxygens (including phenoxy) is 2. The lowest BCUT2D eigenvalue weighted by Gasteiger charge is -2.06. The molecule has 0 fully saturated rings. The summed E-state index contributed by atoms with van der Waals surface area (Å²) in [5.74, 6) is 0.419. The molecule has 1 rings (SSSR count). The molecule has 6 heteroatoms. The largest absolute Gasteiger partial charge is 0.494 e. The van der Waals surface area contributed by atoms with E-state index in [0.717, 1.165) is 38.0 Å². The topological polar surface area (TPSA) is 90.7 Å². The molecule has 0 atom stereocenters. The average molecular weight is 379 g/mol. The first kappa shape index (κ1) is 23.0. The van der Waals surface area contributed by atoms with Crippen LogP contribution >= 0.6 is 0 Å². The molecule has 152 valence electrons. The smallest absolute Gasteiger partial charge is 0.414 e. The maximum absolute atomic E-state index is 11.4. The number of rotatable bonds is 15. The SMILES string of the molecule is NCCCC(=O)OC(=O)NCCCCCCCCCCOc1ccccc1. The minimum absolute atomic E-state index is 0.183. The minimum Gasteiger partial charge on any atom is -0.494 e. The van der Waals surface area contributed by atoms with Crippen LogP contribution in [0.15, 0.2) is 30.3 Å². The number of alkyl carbamates (subject to hydrolysis) is 1. The zero-order valence-electron chi connectivity index (χ0n) is 16.3. The van der Waals surface area contributed by atoms with Crippen LogP contribution in [0.3, 0.4) is 0 Å². The summed E-state index contributed by atoms with van der Waals surface area (Å²) < 4.78 is 10.3. The van der Waals surface area contributed by atoms with Crippen molar-refractivity contribution < 1.29 is 19.1 Å². The van der Waals surface area contributed by atoms with Crippen LogP contribution < -0.4 is 15.8 Å². The van der Waals surface area contributed by atoms with Gasteiger partial charge in [0.1, 0.15) is 5.75 Å². The quantitative estimate of drug-likeness (QED) is 0.271. The zero-order valence-corrected chi connectivity index (χ0v) is 16.3. The standard InChI is InChI=1S/C21H34N2O4/c22-16-12-15-20(24)27-21(25)23-17-10-5-3-1-2-4-6-11-18-26-19-13-8-7-9-14-19/h7-9,13-14H,1-6,10-12,15-18,22H2,(H,23,25). The van der Waals surface area contributed by atoms with Crippen molar-refractivity contribution in [3.63, 3.8) is 0 Å². The van der Waals surface area contributed by atoms with Gasteiger partial charge in [-0.25, -0.2) is 4.79 Å². The number of carbonyl (C=O) groups is 2. The Bertz CT molecular complexity index is 508. The van der Waals surface area contributed by atoms with Crippen LogP contribution in [-0.4, -0.2) is 31.8 Å². The molecule has 27 heavy (non-hydrogen) atoms. The fourth-order valence-electron chi connectivity index (χ4n) is 2.62. The molecule has 3 N–H and O–H groups in total. The normalized spacial score (nSPS) is 10.4. The molecular formula is C21H34N2O4. The molecule has 0 unspecified atom stereocenters. The molecule has 1 aromatic rings. The number of benzene rings is 1. The summed E-state index contributed by atoms with van der Waals surface area (Å²) in [6, 6.07) is 9.91. The number of nitrogens with two attached hydrogens (primary N) is 1. The number of para-hydroxylation sites is 1. The van der Waals surface area contributed by atoms with Crippen molar-refractivity contribution in [2.45, 2.75) is 64.2 Å². The Balaban J connectivity index is 1.81. The van der Waals surface area contributed by atoms with E-state index in [0.29, 0.717) is 19.5 Å². The van der Waals surface area contributed by atoms with E-state index in [1.807, 2.05) is 30.3 Å². The van der Waals surface area contributed by atoms with Gasteiger partial charge in [-0.3, -0.25) is 4.79 Å². The lowest BCUT2D eigenvalue weighted by molar-refractivity contribution is -0.137. The molecule has 6 nitrogen and oxygen atoms in total. The van der Waals surface area contributed by atoms with E-state index in [1.165, 1.54) is 25.7 Å². The van der Waals surface area contributed by atoms with Gasteiger partial charge in [-0.1, -0.05) is 56.7 Å². The molecular weight excluding hydrogens is 344 g/mol. The van der Waals surface area contributed by atoms with Crippen LogP contribution in [0.5, 0.6) is 5.75 Å². The molecule has 0 heterocycles. The van der Waals surface area contributed by atoms with E-state index in [2.05, 4.69) is 10.1 Å². The summed E-state index contributed by atoms with van der Waals surface area (Å²) in [5, 5.41) is 2.60. The van der Waals surface area contributed by atoms with E-state index in [1.54, 1.807) is 0 Å². The summed E-state index contributed by atoms with van der Waals surface area (Å²) >= 11 is 0. The first-order chi connectivity index (χ1) is 13.2. The van der Waals surface area contributed by atoms with Gasteiger partial charge in [0.25, 0.3) is 0 Å². The number of hydrogen-bond acceptors (Lipinski definition) is 5. The molecule has 0 spiro atoms. The van der Waals surface area contributed by atoms with E-state index < -0.39 is 12.1 Å². The average Bonchev–Trinajstić information content (AvgIpc) is 2.68. The van der Waals surface area contributed by atoms with Crippen molar-refractivity contribution in [2.75, 3.05) is 19.7 Å². The van der Waals surface area contributed by atoms with E-state index in [4.69, 9.17) is 10.5 Å². The van der Waals surface area contributed by atoms with Gasteiger partial charge >= 0.3 is 12.1 Å². The fourth-order valence-corrected chi connectivity index (χ4v) is 2.62. The Morgan fingerprint density at radius 2 is 1.48 bits per heavy atom. The third kappa shape index (κ3) is 13.7. The number of hydrogen-bond donors (Lipinski definition) is 2. The van der Waals surface area contributed by atoms with Crippen LogP contribution in [0.25, 0.3) is 0 Å². The van der Waals surface area contributed by atoms with E-state index in [9.17, 15) is 9.59 Å². The van der Waals surface area contributed by atoms with Crippen molar-refractivity contribution in [1.29, 1.82) is 0 Å². The van der Waals surface area contributed by atoms with Gasteiger partial charge in [-0.05, 0) is 37.9 Å². The molecule has 0 saturated heterocycles. The number of nitrogens with one attached hydrogen (secondary N) is 1. The highest BCUT2D eigenvalue weighted by molar-refractivity contribution is 5.84. The van der Waals surface area contributed by atoms with Crippen molar-refractivity contribution in [1.82, 2.24) is 5.32 Å². The third-order valence-electron chi connectivity index (χ3n) is 4.14. The van der Waals surface area contributed by atoms with Crippen LogP contribution in [-0.2, 0) is 9.53 Å². The maximum Gasteiger partial charge on any atom is 0.414 e. The molecule has 0 aliphatic carbocycles. The Kier molecular flexibility index (Phi) is 13.7. The Labute approximate surface area is 162 Å². The van der Waals surface area contributed by atoms with Gasteiger partial charge in [0.05, 0.1) is 6.61 Å². The van der Waals surface area contributed by atoms with E-state index in [-0.39, 0.29) is 6.42 Å². The molecule has 0 radical (unpaired) electrons. The Hall–Kier alpha value is -2.08. The zero-order chi connectivity index (χ0) is 19.6. The monoisotopic (exact) mass is 378 g/mol. The summed E-state index contributed by atoms with van der Waals surface area (Å²) in [6.07, 6.45) is 9.14. The maximum atomic E-state index is 11.4. The predicted octanol–water partition coefficient (Wildman–Crippen LogP) is 4.18. The summed E-state index contributed by atoms with van der Waals surface area (Å²) in [4.78, 5) is 22.6. The van der Waals surface area contributed by atoms with Crippen LogP contribution in [0, 0.1) is 0 Å². The second kappa shape index (κ2) is 16.1. The fraction of sp³-hybridized carbons (Fsp3) is 0.619. The van der Waals surface area contributed by atoms with Crippen LogP contribution in [0.1, 0.15) is 64.2 Å². The van der Waals surface area contributed by atoms with Crippen molar-refractivity contribution >= 4 is 12.1 Å². The number of carbonyl (C=O) groups excluding carboxylic acids is 2. The van der Waals surface area contributed by atoms with Crippen molar-refractivity contribution in [2.24, 2.45) is 5.73 Å². The van der Waals surface area contributed by atoms with Gasteiger partial charge < -0.3 is 20.5 Å². The highest BCUT2D eigenvalue weighted by Crippen LogP contribution is 2.11. The van der Waals surface area contributed by atoms with Gasteiger partial charge in [0.15, 0.2) is 0 Å². The summed E-state index contributed by atoms with van der Waals surface area (Å²) in [5.41, 5.74) is 5.29. The van der Waals surface area contributed by atoms with Crippen molar-refractivity contribution in [3.8, 4) is 5.75 Å². The number of amides is 1. The van der Waals surface area contributed by atoms with Crippen molar-refractivity contribution in [3.05, 3.63) is 30.3 Å². The highest BCUT2D eigenvalue weighted by Gasteiger charge is 2.08. The molecule has 1 amide bonds. The van der Waals surface area contributed by atoms with Crippen LogP contribution in [0.2, 0.25) is 0 Å². The molecule has 0 aliphatic heterocycles. The summed E-state index contributed by atoms with van der Waals surface area (Å²) in [7, 11) is 0. The van der Waals surface area contributed by atoms with Crippen LogP contribution in [0.4, 0.5) is 4.79 Å². The molecule has 0 bridgehead atoms. The third-order valence-corrected chi connectivity index (χ3v) is 4.14. The second-order valence-electron chi connectivity index (χ2n) is 6.57. The van der Waals surface area contributed by atoms with Gasteiger partial charge in [-0.2, -0.15) is 0 Å². The Morgan fingerprint density at radius 1 is 0.852 bits per heavy atom. The highest BCUT2D eigenvalue weighted by atomic mass is 16.6. The number of unbranched alkanes of at least 4 members (excludes halogenated alkanes) is 7. The predicted molar refractivity (Wildman–Crippen MR) is 107 cm³/mol. The second-order valence-corrected chi connectivity index (χ2v) is 6.57. The minimum atomic E-state index is -0.658. The first-order valence-electron chi connectivity index (χ1n) is 10.1. The van der Waals surface area contributed by atoms with Gasteiger partial charge in [-0.15, -0.1) is 0 Å². The molecule has 0 saturated carbocycles. The molecule has 1 aromatic carbocycles. The number of esters is 1. The van der Waals surface area contributed by atoms with Gasteiger partial charge in [0, 0.05) is 13.0 Å².